The normalized spacial score (nSPS) is 21.2. The van der Waals surface area contributed by atoms with E-state index in [1.165, 1.54) is 4.90 Å². The summed E-state index contributed by atoms with van der Waals surface area (Å²) >= 11 is 0. The molecule has 6 heteroatoms. The molecule has 1 aliphatic heterocycles. The molecule has 114 valence electrons. The Morgan fingerprint density at radius 1 is 1.29 bits per heavy atom. The van der Waals surface area contributed by atoms with Crippen molar-refractivity contribution in [2.75, 3.05) is 6.54 Å². The molecular weight excluding hydrogens is 270 g/mol. The van der Waals surface area contributed by atoms with E-state index in [1.54, 1.807) is 0 Å². The first-order valence-corrected chi connectivity index (χ1v) is 7.15. The molecule has 1 heterocycles. The highest BCUT2D eigenvalue weighted by atomic mass is 16.4. The summed E-state index contributed by atoms with van der Waals surface area (Å²) < 4.78 is 0. The van der Waals surface area contributed by atoms with Gasteiger partial charge < -0.3 is 10.0 Å². The van der Waals surface area contributed by atoms with Crippen LogP contribution in [0.25, 0.3) is 0 Å². The highest BCUT2D eigenvalue weighted by molar-refractivity contribution is 5.85. The minimum atomic E-state index is -1.00. The lowest BCUT2D eigenvalue weighted by Gasteiger charge is -2.24. The van der Waals surface area contributed by atoms with Gasteiger partial charge in [-0.25, -0.2) is 5.43 Å². The van der Waals surface area contributed by atoms with Gasteiger partial charge in [0.05, 0.1) is 0 Å². The van der Waals surface area contributed by atoms with Gasteiger partial charge in [-0.1, -0.05) is 37.3 Å². The first-order valence-electron chi connectivity index (χ1n) is 7.15. The summed E-state index contributed by atoms with van der Waals surface area (Å²) in [5.41, 5.74) is 6.95. The number of benzene rings is 1. The maximum atomic E-state index is 12.5. The summed E-state index contributed by atoms with van der Waals surface area (Å²) in [5, 5.41) is 9.02. The maximum absolute atomic E-state index is 12.5. The lowest BCUT2D eigenvalue weighted by Crippen LogP contribution is -2.47. The Balaban J connectivity index is 2.05. The number of carboxylic acids is 1. The fourth-order valence-electron chi connectivity index (χ4n) is 2.45. The van der Waals surface area contributed by atoms with Gasteiger partial charge in [-0.05, 0) is 18.4 Å². The van der Waals surface area contributed by atoms with Crippen molar-refractivity contribution in [3.05, 3.63) is 35.9 Å². The van der Waals surface area contributed by atoms with E-state index in [0.717, 1.165) is 12.0 Å². The van der Waals surface area contributed by atoms with E-state index >= 15 is 0 Å². The smallest absolute Gasteiger partial charge is 0.323 e. The van der Waals surface area contributed by atoms with Crippen molar-refractivity contribution in [1.82, 2.24) is 15.8 Å². The zero-order valence-electron chi connectivity index (χ0n) is 12.1. The Kier molecular flexibility index (Phi) is 5.30. The predicted octanol–water partition coefficient (Wildman–Crippen LogP) is 0.745. The van der Waals surface area contributed by atoms with Crippen LogP contribution in [-0.4, -0.2) is 40.5 Å². The Bertz CT molecular complexity index is 492. The zero-order valence-corrected chi connectivity index (χ0v) is 12.1. The van der Waals surface area contributed by atoms with Crippen molar-refractivity contribution in [1.29, 1.82) is 0 Å². The minimum Gasteiger partial charge on any atom is -0.480 e. The number of aliphatic carboxylic acids is 1. The average molecular weight is 291 g/mol. The molecule has 0 aromatic heterocycles. The summed E-state index contributed by atoms with van der Waals surface area (Å²) in [5.74, 6) is -1.18. The van der Waals surface area contributed by atoms with E-state index in [-0.39, 0.29) is 24.5 Å². The number of hydrazine groups is 1. The molecule has 0 bridgehead atoms. The van der Waals surface area contributed by atoms with Gasteiger partial charge in [0.25, 0.3) is 0 Å². The van der Waals surface area contributed by atoms with Crippen LogP contribution in [0.5, 0.6) is 0 Å². The number of nitrogens with one attached hydrogen (secondary N) is 2. The molecule has 21 heavy (non-hydrogen) atoms. The number of amides is 1. The van der Waals surface area contributed by atoms with Crippen LogP contribution in [0.4, 0.5) is 0 Å². The molecule has 2 rings (SSSR count). The molecule has 3 N–H and O–H groups in total. The second-order valence-corrected chi connectivity index (χ2v) is 5.26. The number of nitrogens with zero attached hydrogens (tertiary/aromatic N) is 1. The van der Waals surface area contributed by atoms with Crippen LogP contribution in [0.2, 0.25) is 0 Å². The minimum absolute atomic E-state index is 0.176. The van der Waals surface area contributed by atoms with Crippen molar-refractivity contribution in [2.24, 2.45) is 0 Å². The fraction of sp³-hybridized carbons (Fsp3) is 0.467. The van der Waals surface area contributed by atoms with Crippen molar-refractivity contribution >= 4 is 11.9 Å². The Hall–Kier alpha value is -1.92. The maximum Gasteiger partial charge on any atom is 0.323 e. The molecule has 1 fully saturated rings. The first-order chi connectivity index (χ1) is 10.1. The Morgan fingerprint density at radius 3 is 2.57 bits per heavy atom. The van der Waals surface area contributed by atoms with Crippen molar-refractivity contribution in [3.8, 4) is 0 Å². The molecule has 0 aliphatic carbocycles. The summed E-state index contributed by atoms with van der Waals surface area (Å²) in [4.78, 5) is 24.9. The van der Waals surface area contributed by atoms with E-state index in [0.29, 0.717) is 13.0 Å². The summed E-state index contributed by atoms with van der Waals surface area (Å²) in [6.07, 6.45) is 1.61. The van der Waals surface area contributed by atoms with Gasteiger partial charge in [0, 0.05) is 12.6 Å². The lowest BCUT2D eigenvalue weighted by molar-refractivity contribution is -0.145. The van der Waals surface area contributed by atoms with E-state index in [1.807, 2.05) is 37.3 Å². The van der Waals surface area contributed by atoms with Crippen LogP contribution in [0.3, 0.4) is 0 Å². The van der Waals surface area contributed by atoms with Gasteiger partial charge in [-0.3, -0.25) is 15.0 Å². The van der Waals surface area contributed by atoms with E-state index in [4.69, 9.17) is 5.11 Å². The van der Waals surface area contributed by atoms with Crippen molar-refractivity contribution in [3.63, 3.8) is 0 Å². The van der Waals surface area contributed by atoms with Gasteiger partial charge in [-0.15, -0.1) is 0 Å². The highest BCUT2D eigenvalue weighted by Crippen LogP contribution is 2.13. The average Bonchev–Trinajstić information content (AvgIpc) is 2.95. The number of carbonyl (C=O) groups excluding carboxylic acids is 1. The third-order valence-electron chi connectivity index (χ3n) is 3.63. The Morgan fingerprint density at radius 2 is 2.00 bits per heavy atom. The van der Waals surface area contributed by atoms with Crippen molar-refractivity contribution in [2.45, 2.75) is 38.4 Å². The zero-order chi connectivity index (χ0) is 15.2. The second-order valence-electron chi connectivity index (χ2n) is 5.26. The molecule has 1 aromatic carbocycles. The van der Waals surface area contributed by atoms with Gasteiger partial charge in [0.1, 0.15) is 12.6 Å². The molecule has 1 aromatic rings. The van der Waals surface area contributed by atoms with Crippen molar-refractivity contribution < 1.29 is 14.7 Å². The van der Waals surface area contributed by atoms with Gasteiger partial charge >= 0.3 is 5.97 Å². The Labute approximate surface area is 124 Å². The lowest BCUT2D eigenvalue weighted by atomic mass is 10.1. The van der Waals surface area contributed by atoms with Crippen LogP contribution < -0.4 is 10.9 Å². The topological polar surface area (TPSA) is 81.7 Å². The molecule has 0 spiro atoms. The van der Waals surface area contributed by atoms with Crippen LogP contribution in [0.15, 0.2) is 30.3 Å². The van der Waals surface area contributed by atoms with E-state index in [9.17, 15) is 9.59 Å². The molecule has 6 nitrogen and oxygen atoms in total. The van der Waals surface area contributed by atoms with Gasteiger partial charge in [0.15, 0.2) is 0 Å². The third-order valence-corrected chi connectivity index (χ3v) is 3.63. The van der Waals surface area contributed by atoms with E-state index in [2.05, 4.69) is 10.9 Å². The molecule has 0 saturated carbocycles. The molecular formula is C15H21N3O3. The third kappa shape index (κ3) is 4.27. The number of hydrogen-bond acceptors (Lipinski definition) is 4. The molecule has 1 aliphatic rings. The standard InChI is InChI=1S/C15H21N3O3/c1-2-12-8-13(17-16-12)15(21)18(10-14(19)20)9-11-6-4-3-5-7-11/h3-7,12-13,16-17H,2,8-10H2,1H3,(H,19,20). The summed E-state index contributed by atoms with van der Waals surface area (Å²) in [7, 11) is 0. The number of carboxylic acid groups (broad SMARTS) is 1. The SMILES string of the molecule is CCC1CC(C(=O)N(CC(=O)O)Cc2ccccc2)NN1. The summed E-state index contributed by atoms with van der Waals surface area (Å²) in [6, 6.07) is 9.30. The first kappa shape index (κ1) is 15.5. The molecule has 1 amide bonds. The predicted molar refractivity (Wildman–Crippen MR) is 78.3 cm³/mol. The molecule has 2 unspecified atom stereocenters. The molecule has 2 atom stereocenters. The van der Waals surface area contributed by atoms with Gasteiger partial charge in [0.2, 0.25) is 5.91 Å². The summed E-state index contributed by atoms with van der Waals surface area (Å²) in [6.45, 7) is 2.06. The second kappa shape index (κ2) is 7.19. The van der Waals surface area contributed by atoms with E-state index < -0.39 is 5.97 Å². The molecule has 1 saturated heterocycles. The quantitative estimate of drug-likeness (QED) is 0.720. The van der Waals surface area contributed by atoms with Crippen LogP contribution in [0, 0.1) is 0 Å². The largest absolute Gasteiger partial charge is 0.480 e. The van der Waals surface area contributed by atoms with Crippen LogP contribution in [0.1, 0.15) is 25.3 Å². The van der Waals surface area contributed by atoms with Crippen LogP contribution >= 0.6 is 0 Å². The van der Waals surface area contributed by atoms with Crippen LogP contribution in [-0.2, 0) is 16.1 Å². The number of hydrogen-bond donors (Lipinski definition) is 3. The number of rotatable bonds is 6. The monoisotopic (exact) mass is 291 g/mol. The number of carbonyl (C=O) groups is 2. The van der Waals surface area contributed by atoms with Gasteiger partial charge in [-0.2, -0.15) is 0 Å². The highest BCUT2D eigenvalue weighted by Gasteiger charge is 2.32. The fourth-order valence-corrected chi connectivity index (χ4v) is 2.45. The molecule has 0 radical (unpaired) electrons.